The van der Waals surface area contributed by atoms with Gasteiger partial charge in [0, 0.05) is 16.2 Å². The van der Waals surface area contributed by atoms with Crippen LogP contribution in [0.15, 0.2) is 36.4 Å². The van der Waals surface area contributed by atoms with Crippen LogP contribution in [0.4, 0.5) is 13.2 Å². The molecule has 0 saturated carbocycles. The summed E-state index contributed by atoms with van der Waals surface area (Å²) in [6.45, 7) is 3.55. The Balaban J connectivity index is 2.25. The number of halogens is 3. The molecule has 5 heteroatoms. The van der Waals surface area contributed by atoms with Gasteiger partial charge in [-0.15, -0.1) is 11.3 Å². The van der Waals surface area contributed by atoms with Crippen molar-refractivity contribution in [1.82, 2.24) is 0 Å². The van der Waals surface area contributed by atoms with Gasteiger partial charge in [-0.1, -0.05) is 18.2 Å². The van der Waals surface area contributed by atoms with Crippen LogP contribution in [0.1, 0.15) is 27.8 Å². The Kier molecular flexibility index (Phi) is 3.93. The molecule has 2 aromatic rings. The molecule has 0 amide bonds. The van der Waals surface area contributed by atoms with E-state index >= 15 is 0 Å². The molecule has 1 aromatic heterocycles. The number of hydrogen-bond donors (Lipinski definition) is 1. The molecule has 2 rings (SSSR count). The zero-order valence-corrected chi connectivity index (χ0v) is 12.0. The number of thiophene rings is 1. The third kappa shape index (κ3) is 3.41. The summed E-state index contributed by atoms with van der Waals surface area (Å²) < 4.78 is 38.0. The van der Waals surface area contributed by atoms with Crippen molar-refractivity contribution in [3.05, 3.63) is 57.3 Å². The molecule has 108 valence electrons. The average molecular weight is 300 g/mol. The van der Waals surface area contributed by atoms with Crippen molar-refractivity contribution in [3.63, 3.8) is 0 Å². The SMILES string of the molecule is Cc1ccc(C(C)(O)Cc2cccc(C(F)(F)F)c2)s1. The number of aliphatic hydroxyl groups is 1. The zero-order valence-electron chi connectivity index (χ0n) is 11.2. The van der Waals surface area contributed by atoms with Gasteiger partial charge in [0.2, 0.25) is 0 Å². The van der Waals surface area contributed by atoms with Crippen LogP contribution in [0.2, 0.25) is 0 Å². The number of hydrogen-bond acceptors (Lipinski definition) is 2. The summed E-state index contributed by atoms with van der Waals surface area (Å²) >= 11 is 1.45. The molecule has 0 aliphatic rings. The maximum atomic E-state index is 12.7. The highest BCUT2D eigenvalue weighted by Crippen LogP contribution is 2.33. The Hall–Kier alpha value is -1.33. The normalized spacial score (nSPS) is 15.1. The fourth-order valence-corrected chi connectivity index (χ4v) is 2.98. The van der Waals surface area contributed by atoms with Gasteiger partial charge < -0.3 is 5.11 Å². The van der Waals surface area contributed by atoms with Gasteiger partial charge in [-0.25, -0.2) is 0 Å². The van der Waals surface area contributed by atoms with Crippen LogP contribution >= 0.6 is 11.3 Å². The second kappa shape index (κ2) is 5.22. The molecule has 0 radical (unpaired) electrons. The van der Waals surface area contributed by atoms with Crippen LogP contribution < -0.4 is 0 Å². The lowest BCUT2D eigenvalue weighted by Crippen LogP contribution is -2.23. The summed E-state index contributed by atoms with van der Waals surface area (Å²) in [5.74, 6) is 0. The van der Waals surface area contributed by atoms with Gasteiger partial charge in [0.05, 0.1) is 11.2 Å². The highest BCUT2D eigenvalue weighted by atomic mass is 32.1. The predicted molar refractivity (Wildman–Crippen MR) is 73.8 cm³/mol. The van der Waals surface area contributed by atoms with E-state index in [-0.39, 0.29) is 6.42 Å². The highest BCUT2D eigenvalue weighted by molar-refractivity contribution is 7.12. The van der Waals surface area contributed by atoms with Crippen LogP contribution in [-0.2, 0) is 18.2 Å². The smallest absolute Gasteiger partial charge is 0.384 e. The molecule has 1 nitrogen and oxygen atoms in total. The van der Waals surface area contributed by atoms with Gasteiger partial charge in [0.1, 0.15) is 0 Å². The first-order valence-electron chi connectivity index (χ1n) is 6.14. The standard InChI is InChI=1S/C15H15F3OS/c1-10-6-7-13(20-10)14(2,19)9-11-4-3-5-12(8-11)15(16,17)18/h3-8,19H,9H2,1-2H3. The Labute approximate surface area is 119 Å². The number of alkyl halides is 3. The fourth-order valence-electron chi connectivity index (χ4n) is 2.07. The third-order valence-corrected chi connectivity index (χ3v) is 4.33. The summed E-state index contributed by atoms with van der Waals surface area (Å²) in [6, 6.07) is 8.80. The van der Waals surface area contributed by atoms with Crippen molar-refractivity contribution >= 4 is 11.3 Å². The summed E-state index contributed by atoms with van der Waals surface area (Å²) in [5.41, 5.74) is -1.38. The van der Waals surface area contributed by atoms with E-state index in [0.29, 0.717) is 5.56 Å². The summed E-state index contributed by atoms with van der Waals surface area (Å²) in [4.78, 5) is 1.82. The van der Waals surface area contributed by atoms with E-state index in [4.69, 9.17) is 0 Å². The Morgan fingerprint density at radius 1 is 1.15 bits per heavy atom. The van der Waals surface area contributed by atoms with Crippen molar-refractivity contribution in [2.24, 2.45) is 0 Å². The monoisotopic (exact) mass is 300 g/mol. The zero-order chi connectivity index (χ0) is 15.0. The van der Waals surface area contributed by atoms with E-state index in [2.05, 4.69) is 0 Å². The summed E-state index contributed by atoms with van der Waals surface area (Å²) in [5, 5.41) is 10.5. The van der Waals surface area contributed by atoms with E-state index in [0.717, 1.165) is 21.9 Å². The third-order valence-electron chi connectivity index (χ3n) is 3.07. The van der Waals surface area contributed by atoms with Crippen molar-refractivity contribution in [3.8, 4) is 0 Å². The molecule has 1 heterocycles. The van der Waals surface area contributed by atoms with Crippen LogP contribution in [0, 0.1) is 6.92 Å². The minimum absolute atomic E-state index is 0.150. The fraction of sp³-hybridized carbons (Fsp3) is 0.333. The molecule has 1 unspecified atom stereocenters. The van der Waals surface area contributed by atoms with E-state index in [1.165, 1.54) is 17.4 Å². The van der Waals surface area contributed by atoms with Gasteiger partial charge in [-0.2, -0.15) is 13.2 Å². The van der Waals surface area contributed by atoms with Crippen LogP contribution in [0.5, 0.6) is 0 Å². The van der Waals surface area contributed by atoms with Gasteiger partial charge >= 0.3 is 6.18 Å². The molecule has 1 atom stereocenters. The Bertz CT molecular complexity index is 599. The summed E-state index contributed by atoms with van der Waals surface area (Å²) in [7, 11) is 0. The van der Waals surface area contributed by atoms with Crippen molar-refractivity contribution < 1.29 is 18.3 Å². The molecule has 0 spiro atoms. The van der Waals surface area contributed by atoms with E-state index in [1.54, 1.807) is 13.0 Å². The maximum absolute atomic E-state index is 12.7. The van der Waals surface area contributed by atoms with Gasteiger partial charge in [-0.3, -0.25) is 0 Å². The summed E-state index contributed by atoms with van der Waals surface area (Å²) in [6.07, 6.45) is -4.21. The van der Waals surface area contributed by atoms with Gasteiger partial charge in [-0.05, 0) is 37.6 Å². The first kappa shape index (κ1) is 15.1. The molecule has 20 heavy (non-hydrogen) atoms. The molecular formula is C15H15F3OS. The molecule has 1 N–H and O–H groups in total. The largest absolute Gasteiger partial charge is 0.416 e. The molecule has 1 aromatic carbocycles. The van der Waals surface area contributed by atoms with Crippen molar-refractivity contribution in [2.75, 3.05) is 0 Å². The molecular weight excluding hydrogens is 285 g/mol. The maximum Gasteiger partial charge on any atom is 0.416 e. The van der Waals surface area contributed by atoms with Crippen LogP contribution in [0.25, 0.3) is 0 Å². The van der Waals surface area contributed by atoms with Crippen molar-refractivity contribution in [2.45, 2.75) is 32.0 Å². The molecule has 0 fully saturated rings. The number of aryl methyl sites for hydroxylation is 1. The lowest BCUT2D eigenvalue weighted by atomic mass is 9.94. The molecule has 0 bridgehead atoms. The lowest BCUT2D eigenvalue weighted by molar-refractivity contribution is -0.137. The first-order chi connectivity index (χ1) is 9.18. The highest BCUT2D eigenvalue weighted by Gasteiger charge is 2.31. The predicted octanol–water partition coefficient (Wildman–Crippen LogP) is 4.53. The van der Waals surface area contributed by atoms with Gasteiger partial charge in [0.25, 0.3) is 0 Å². The second-order valence-electron chi connectivity index (χ2n) is 5.06. The lowest BCUT2D eigenvalue weighted by Gasteiger charge is -2.22. The molecule has 0 saturated heterocycles. The van der Waals surface area contributed by atoms with Crippen LogP contribution in [-0.4, -0.2) is 5.11 Å². The average Bonchev–Trinajstić information content (AvgIpc) is 2.75. The van der Waals surface area contributed by atoms with Gasteiger partial charge in [0.15, 0.2) is 0 Å². The van der Waals surface area contributed by atoms with E-state index in [1.807, 2.05) is 19.1 Å². The number of benzene rings is 1. The topological polar surface area (TPSA) is 20.2 Å². The van der Waals surface area contributed by atoms with Crippen molar-refractivity contribution in [1.29, 1.82) is 0 Å². The Morgan fingerprint density at radius 2 is 1.85 bits per heavy atom. The molecule has 0 aliphatic heterocycles. The quantitative estimate of drug-likeness (QED) is 0.883. The van der Waals surface area contributed by atoms with E-state index in [9.17, 15) is 18.3 Å². The number of rotatable bonds is 3. The minimum Gasteiger partial charge on any atom is -0.384 e. The van der Waals surface area contributed by atoms with Crippen LogP contribution in [0.3, 0.4) is 0 Å². The van der Waals surface area contributed by atoms with E-state index < -0.39 is 17.3 Å². The minimum atomic E-state index is -4.36. The first-order valence-corrected chi connectivity index (χ1v) is 6.95. The molecule has 0 aliphatic carbocycles. The Morgan fingerprint density at radius 3 is 2.40 bits per heavy atom. The second-order valence-corrected chi connectivity index (χ2v) is 6.35.